The van der Waals surface area contributed by atoms with Crippen LogP contribution in [-0.4, -0.2) is 49.1 Å². The van der Waals surface area contributed by atoms with E-state index in [1.807, 2.05) is 47.4 Å². The van der Waals surface area contributed by atoms with Crippen LogP contribution in [0.15, 0.2) is 48.7 Å². The second-order valence-electron chi connectivity index (χ2n) is 6.40. The lowest BCUT2D eigenvalue weighted by atomic mass is 9.91. The Bertz CT molecular complexity index is 735. The fraction of sp³-hybridized carbons (Fsp3) is 0.368. The monoisotopic (exact) mass is 412 g/mol. The Morgan fingerprint density at radius 2 is 1.74 bits per heavy atom. The van der Waals surface area contributed by atoms with E-state index in [1.165, 1.54) is 0 Å². The van der Waals surface area contributed by atoms with E-state index in [1.54, 1.807) is 20.2 Å². The predicted octanol–water partition coefficient (Wildman–Crippen LogP) is 2.46. The van der Waals surface area contributed by atoms with Gasteiger partial charge in [-0.05, 0) is 18.6 Å². The molecule has 1 aliphatic rings. The van der Waals surface area contributed by atoms with E-state index < -0.39 is 5.54 Å². The highest BCUT2D eigenvalue weighted by Crippen LogP contribution is 2.23. The van der Waals surface area contributed by atoms with Crippen molar-refractivity contribution in [3.8, 4) is 5.75 Å². The topological polar surface area (TPSA) is 71.7 Å². The molecule has 0 bridgehead atoms. The molecule has 0 saturated carbocycles. The fourth-order valence-corrected chi connectivity index (χ4v) is 3.07. The van der Waals surface area contributed by atoms with E-state index in [0.717, 1.165) is 30.2 Å². The number of aromatic nitrogens is 1. The Balaban J connectivity index is 0.00000182. The van der Waals surface area contributed by atoms with Gasteiger partial charge in [0.05, 0.1) is 7.11 Å². The number of ether oxygens (including phenoxy) is 1. The van der Waals surface area contributed by atoms with Gasteiger partial charge in [0.2, 0.25) is 5.91 Å². The highest BCUT2D eigenvalue weighted by molar-refractivity contribution is 5.87. The van der Waals surface area contributed by atoms with Crippen LogP contribution in [0.4, 0.5) is 5.82 Å². The standard InChI is InChI=1S/C19H24N4O2.2ClH/c1-19(20,15-6-4-3-5-7-15)18(24)23-12-10-22(11-13-23)17-14-16(25-2)8-9-21-17;;/h3-9,14H,10-13,20H2,1-2H3;2*1H. The fourth-order valence-electron chi connectivity index (χ4n) is 3.07. The number of carbonyl (C=O) groups is 1. The number of pyridine rings is 1. The van der Waals surface area contributed by atoms with Gasteiger partial charge in [-0.2, -0.15) is 0 Å². The van der Waals surface area contributed by atoms with Crippen molar-refractivity contribution in [3.63, 3.8) is 0 Å². The first kappa shape index (κ1) is 23.0. The normalized spacial score (nSPS) is 15.8. The number of carbonyl (C=O) groups excluding carboxylic acids is 1. The van der Waals surface area contributed by atoms with Gasteiger partial charge in [-0.25, -0.2) is 4.98 Å². The van der Waals surface area contributed by atoms with Crippen molar-refractivity contribution in [3.05, 3.63) is 54.2 Å². The zero-order chi connectivity index (χ0) is 17.9. The number of hydrogen-bond acceptors (Lipinski definition) is 5. The van der Waals surface area contributed by atoms with Gasteiger partial charge in [0.25, 0.3) is 0 Å². The molecule has 2 heterocycles. The van der Waals surface area contributed by atoms with E-state index in [2.05, 4.69) is 9.88 Å². The first-order chi connectivity index (χ1) is 12.0. The van der Waals surface area contributed by atoms with Crippen LogP contribution < -0.4 is 15.4 Å². The Kier molecular flexibility index (Phi) is 8.34. The first-order valence-electron chi connectivity index (χ1n) is 8.41. The molecular formula is C19H26Cl2N4O2. The van der Waals surface area contributed by atoms with Gasteiger partial charge >= 0.3 is 0 Å². The van der Waals surface area contributed by atoms with E-state index >= 15 is 0 Å². The summed E-state index contributed by atoms with van der Waals surface area (Å²) in [5.74, 6) is 1.60. The third-order valence-corrected chi connectivity index (χ3v) is 4.66. The third kappa shape index (κ3) is 5.03. The zero-order valence-corrected chi connectivity index (χ0v) is 17.1. The Morgan fingerprint density at radius 3 is 2.33 bits per heavy atom. The first-order valence-corrected chi connectivity index (χ1v) is 8.41. The maximum Gasteiger partial charge on any atom is 0.247 e. The maximum absolute atomic E-state index is 12.9. The summed E-state index contributed by atoms with van der Waals surface area (Å²) >= 11 is 0. The number of benzene rings is 1. The Labute approximate surface area is 172 Å². The molecule has 27 heavy (non-hydrogen) atoms. The molecule has 1 amide bonds. The molecule has 1 atom stereocenters. The number of rotatable bonds is 4. The molecule has 8 heteroatoms. The van der Waals surface area contributed by atoms with Crippen LogP contribution in [0.5, 0.6) is 5.75 Å². The lowest BCUT2D eigenvalue weighted by Gasteiger charge is -2.39. The minimum Gasteiger partial charge on any atom is -0.497 e. The summed E-state index contributed by atoms with van der Waals surface area (Å²) in [6.07, 6.45) is 1.73. The van der Waals surface area contributed by atoms with E-state index in [-0.39, 0.29) is 30.7 Å². The van der Waals surface area contributed by atoms with Crippen molar-refractivity contribution in [2.45, 2.75) is 12.5 Å². The summed E-state index contributed by atoms with van der Waals surface area (Å²) in [5, 5.41) is 0. The van der Waals surface area contributed by atoms with Gasteiger partial charge in [-0.3, -0.25) is 4.79 Å². The van der Waals surface area contributed by atoms with Crippen molar-refractivity contribution in [1.29, 1.82) is 0 Å². The number of amides is 1. The van der Waals surface area contributed by atoms with Gasteiger partial charge < -0.3 is 20.3 Å². The minimum atomic E-state index is -1.02. The molecule has 0 aliphatic carbocycles. The van der Waals surface area contributed by atoms with Gasteiger partial charge in [0.15, 0.2) is 0 Å². The summed E-state index contributed by atoms with van der Waals surface area (Å²) in [5.41, 5.74) is 6.18. The number of piperazine rings is 1. The number of hydrogen-bond donors (Lipinski definition) is 1. The molecular weight excluding hydrogens is 387 g/mol. The Morgan fingerprint density at radius 1 is 1.11 bits per heavy atom. The summed E-state index contributed by atoms with van der Waals surface area (Å²) in [6, 6.07) is 13.3. The SMILES string of the molecule is COc1ccnc(N2CCN(C(=O)C(C)(N)c3ccccc3)CC2)c1.Cl.Cl. The largest absolute Gasteiger partial charge is 0.497 e. The van der Waals surface area contributed by atoms with Crippen molar-refractivity contribution in [2.75, 3.05) is 38.2 Å². The molecule has 1 fully saturated rings. The van der Waals surface area contributed by atoms with Crippen LogP contribution >= 0.6 is 24.8 Å². The molecule has 0 spiro atoms. The van der Waals surface area contributed by atoms with E-state index in [0.29, 0.717) is 13.1 Å². The van der Waals surface area contributed by atoms with E-state index in [9.17, 15) is 4.79 Å². The van der Waals surface area contributed by atoms with Crippen LogP contribution in [0.1, 0.15) is 12.5 Å². The van der Waals surface area contributed by atoms with Crippen LogP contribution in [0.25, 0.3) is 0 Å². The van der Waals surface area contributed by atoms with Crippen LogP contribution in [-0.2, 0) is 10.3 Å². The van der Waals surface area contributed by atoms with Crippen molar-refractivity contribution < 1.29 is 9.53 Å². The molecule has 0 radical (unpaired) electrons. The molecule has 1 aromatic carbocycles. The molecule has 1 saturated heterocycles. The van der Waals surface area contributed by atoms with Gasteiger partial charge in [-0.1, -0.05) is 30.3 Å². The number of nitrogens with two attached hydrogens (primary N) is 1. The van der Waals surface area contributed by atoms with Crippen LogP contribution in [0.3, 0.4) is 0 Å². The molecule has 1 aromatic heterocycles. The van der Waals surface area contributed by atoms with Crippen molar-refractivity contribution in [1.82, 2.24) is 9.88 Å². The quantitative estimate of drug-likeness (QED) is 0.834. The predicted molar refractivity (Wildman–Crippen MR) is 112 cm³/mol. The molecule has 1 aliphatic heterocycles. The maximum atomic E-state index is 12.9. The average molecular weight is 413 g/mol. The summed E-state index contributed by atoms with van der Waals surface area (Å²) in [4.78, 5) is 21.3. The third-order valence-electron chi connectivity index (χ3n) is 4.66. The highest BCUT2D eigenvalue weighted by atomic mass is 35.5. The number of anilines is 1. The highest BCUT2D eigenvalue weighted by Gasteiger charge is 2.35. The molecule has 2 N–H and O–H groups in total. The average Bonchev–Trinajstić information content (AvgIpc) is 2.68. The molecule has 6 nitrogen and oxygen atoms in total. The van der Waals surface area contributed by atoms with E-state index in [4.69, 9.17) is 10.5 Å². The zero-order valence-electron chi connectivity index (χ0n) is 15.5. The summed E-state index contributed by atoms with van der Waals surface area (Å²) in [6.45, 7) is 4.46. The lowest BCUT2D eigenvalue weighted by Crippen LogP contribution is -2.56. The Hall–Kier alpha value is -2.02. The molecule has 2 aromatic rings. The van der Waals surface area contributed by atoms with Crippen molar-refractivity contribution in [2.24, 2.45) is 5.73 Å². The second kappa shape index (κ2) is 9.78. The minimum absolute atomic E-state index is 0. The molecule has 148 valence electrons. The van der Waals surface area contributed by atoms with Gasteiger partial charge in [0, 0.05) is 38.4 Å². The molecule has 1 unspecified atom stereocenters. The van der Waals surface area contributed by atoms with Crippen molar-refractivity contribution >= 4 is 36.5 Å². The van der Waals surface area contributed by atoms with Crippen LogP contribution in [0, 0.1) is 0 Å². The van der Waals surface area contributed by atoms with Gasteiger partial charge in [0.1, 0.15) is 17.1 Å². The summed E-state index contributed by atoms with van der Waals surface area (Å²) in [7, 11) is 1.64. The number of methoxy groups -OCH3 is 1. The number of nitrogens with zero attached hydrogens (tertiary/aromatic N) is 3. The second-order valence-corrected chi connectivity index (χ2v) is 6.40. The smallest absolute Gasteiger partial charge is 0.247 e. The summed E-state index contributed by atoms with van der Waals surface area (Å²) < 4.78 is 5.25. The lowest BCUT2D eigenvalue weighted by molar-refractivity contribution is -0.137. The van der Waals surface area contributed by atoms with Gasteiger partial charge in [-0.15, -0.1) is 24.8 Å². The van der Waals surface area contributed by atoms with Crippen LogP contribution in [0.2, 0.25) is 0 Å². The molecule has 3 rings (SSSR count). The number of halogens is 2.